The van der Waals surface area contributed by atoms with Gasteiger partial charge in [0.05, 0.1) is 0 Å². The van der Waals surface area contributed by atoms with Gasteiger partial charge in [-0.15, -0.1) is 0 Å². The minimum absolute atomic E-state index is 0.909. The summed E-state index contributed by atoms with van der Waals surface area (Å²) in [5.74, 6) is 0. The highest BCUT2D eigenvalue weighted by atomic mass is 16.3. The van der Waals surface area contributed by atoms with Crippen molar-refractivity contribution >= 4 is 49.8 Å². The molecule has 0 fully saturated rings. The molecule has 0 saturated heterocycles. The van der Waals surface area contributed by atoms with Gasteiger partial charge in [0.1, 0.15) is 11.2 Å². The lowest BCUT2D eigenvalue weighted by molar-refractivity contribution is 0.670. The van der Waals surface area contributed by atoms with Crippen LogP contribution in [0, 0.1) is 0 Å². The minimum atomic E-state index is 0.909. The number of nitrogens with zero attached hydrogens (tertiary/aromatic N) is 1. The molecule has 0 aliphatic rings. The van der Waals surface area contributed by atoms with Gasteiger partial charge in [0, 0.05) is 33.4 Å². The summed E-state index contributed by atoms with van der Waals surface area (Å²) < 4.78 is 6.54. The topological polar surface area (TPSA) is 16.4 Å². The lowest BCUT2D eigenvalue weighted by Gasteiger charge is -2.26. The summed E-state index contributed by atoms with van der Waals surface area (Å²) in [5.41, 5.74) is 12.1. The Bertz CT molecular complexity index is 2530. The molecule has 8 aromatic carbocycles. The molecule has 9 aromatic rings. The van der Waals surface area contributed by atoms with Gasteiger partial charge in [-0.3, -0.25) is 0 Å². The van der Waals surface area contributed by atoms with Crippen LogP contribution < -0.4 is 4.90 Å². The monoisotopic (exact) mass is 613 g/mol. The molecule has 0 aliphatic heterocycles. The van der Waals surface area contributed by atoms with Crippen molar-refractivity contribution in [2.24, 2.45) is 0 Å². The van der Waals surface area contributed by atoms with Crippen LogP contribution in [0.1, 0.15) is 0 Å². The van der Waals surface area contributed by atoms with Gasteiger partial charge in [0.25, 0.3) is 0 Å². The van der Waals surface area contributed by atoms with Gasteiger partial charge >= 0.3 is 0 Å². The maximum Gasteiger partial charge on any atom is 0.143 e. The van der Waals surface area contributed by atoms with Gasteiger partial charge in [0.2, 0.25) is 0 Å². The predicted molar refractivity (Wildman–Crippen MR) is 202 cm³/mol. The maximum atomic E-state index is 6.54. The van der Waals surface area contributed by atoms with E-state index in [1.165, 1.54) is 38.4 Å². The number of benzene rings is 8. The summed E-state index contributed by atoms with van der Waals surface area (Å²) in [7, 11) is 0. The SMILES string of the molecule is c1ccc(-c2ccc(-c3cccc(N(c4ccccc4)c4ccc(-c5cc6ccccc6c6c5oc5ccccc56)cc4)c3)cc2)cc1. The molecule has 48 heavy (non-hydrogen) atoms. The zero-order chi connectivity index (χ0) is 31.9. The van der Waals surface area contributed by atoms with Crippen molar-refractivity contribution in [2.45, 2.75) is 0 Å². The van der Waals surface area contributed by atoms with E-state index in [1.807, 2.05) is 6.07 Å². The van der Waals surface area contributed by atoms with Gasteiger partial charge in [-0.2, -0.15) is 0 Å². The van der Waals surface area contributed by atoms with Crippen LogP contribution in [-0.4, -0.2) is 0 Å². The summed E-state index contributed by atoms with van der Waals surface area (Å²) in [6, 6.07) is 66.8. The van der Waals surface area contributed by atoms with Gasteiger partial charge in [-0.25, -0.2) is 0 Å². The lowest BCUT2D eigenvalue weighted by Crippen LogP contribution is -2.09. The Morgan fingerprint density at radius 2 is 0.896 bits per heavy atom. The summed E-state index contributed by atoms with van der Waals surface area (Å²) in [5, 5.41) is 4.73. The van der Waals surface area contributed by atoms with Crippen molar-refractivity contribution in [3.8, 4) is 33.4 Å². The second-order valence-electron chi connectivity index (χ2n) is 12.2. The first-order chi connectivity index (χ1) is 23.8. The van der Waals surface area contributed by atoms with E-state index in [0.717, 1.165) is 44.7 Å². The van der Waals surface area contributed by atoms with Gasteiger partial charge < -0.3 is 9.32 Å². The van der Waals surface area contributed by atoms with Crippen LogP contribution in [-0.2, 0) is 0 Å². The van der Waals surface area contributed by atoms with Crippen LogP contribution >= 0.6 is 0 Å². The fraction of sp³-hybridized carbons (Fsp3) is 0. The van der Waals surface area contributed by atoms with Crippen molar-refractivity contribution in [1.82, 2.24) is 0 Å². The van der Waals surface area contributed by atoms with Crippen LogP contribution in [0.3, 0.4) is 0 Å². The Labute approximate surface area is 279 Å². The number of rotatable bonds is 6. The number of furan rings is 1. The molecule has 0 bridgehead atoms. The third-order valence-corrected chi connectivity index (χ3v) is 9.25. The highest BCUT2D eigenvalue weighted by molar-refractivity contribution is 6.22. The van der Waals surface area contributed by atoms with E-state index in [1.54, 1.807) is 0 Å². The maximum absolute atomic E-state index is 6.54. The Morgan fingerprint density at radius 3 is 1.67 bits per heavy atom. The fourth-order valence-corrected chi connectivity index (χ4v) is 6.91. The molecule has 1 aromatic heterocycles. The van der Waals surface area contributed by atoms with Gasteiger partial charge in [0.15, 0.2) is 0 Å². The Hall–Kier alpha value is -6.38. The molecule has 0 unspecified atom stereocenters. The standard InChI is InChI=1S/C46H31NO/c1-3-12-32(13-4-1)33-22-24-34(25-23-33)36-15-11-18-40(30-36)47(38-16-5-2-6-17-38)39-28-26-35(27-29-39)43-31-37-14-7-8-19-41(37)45-42-20-9-10-21-44(42)48-46(43)45/h1-31H. The molecule has 1 heterocycles. The molecule has 2 nitrogen and oxygen atoms in total. The molecule has 0 amide bonds. The van der Waals surface area contributed by atoms with Crippen molar-refractivity contribution < 1.29 is 4.42 Å². The third kappa shape index (κ3) is 4.92. The lowest BCUT2D eigenvalue weighted by atomic mass is 9.96. The van der Waals surface area contributed by atoms with Gasteiger partial charge in [-0.1, -0.05) is 140 Å². The van der Waals surface area contributed by atoms with Crippen LogP contribution in [0.2, 0.25) is 0 Å². The number of anilines is 3. The van der Waals surface area contributed by atoms with Crippen LogP contribution in [0.25, 0.3) is 66.1 Å². The molecule has 0 radical (unpaired) electrons. The molecule has 226 valence electrons. The average molecular weight is 614 g/mol. The first kappa shape index (κ1) is 27.9. The molecule has 0 saturated carbocycles. The molecular weight excluding hydrogens is 583 g/mol. The summed E-state index contributed by atoms with van der Waals surface area (Å²) in [6.45, 7) is 0. The third-order valence-electron chi connectivity index (χ3n) is 9.25. The van der Waals surface area contributed by atoms with Crippen molar-refractivity contribution in [3.63, 3.8) is 0 Å². The van der Waals surface area contributed by atoms with E-state index >= 15 is 0 Å². The highest BCUT2D eigenvalue weighted by Crippen LogP contribution is 2.42. The van der Waals surface area contributed by atoms with Gasteiger partial charge in [-0.05, 0) is 87.1 Å². The first-order valence-electron chi connectivity index (χ1n) is 16.3. The van der Waals surface area contributed by atoms with Crippen molar-refractivity contribution in [1.29, 1.82) is 0 Å². The van der Waals surface area contributed by atoms with E-state index in [-0.39, 0.29) is 0 Å². The number of para-hydroxylation sites is 2. The Balaban J connectivity index is 1.12. The minimum Gasteiger partial charge on any atom is -0.455 e. The number of fused-ring (bicyclic) bond motifs is 5. The summed E-state index contributed by atoms with van der Waals surface area (Å²) >= 11 is 0. The van der Waals surface area contributed by atoms with E-state index in [2.05, 4.69) is 187 Å². The normalized spacial score (nSPS) is 11.3. The summed E-state index contributed by atoms with van der Waals surface area (Å²) in [6.07, 6.45) is 0. The van der Waals surface area contributed by atoms with E-state index in [4.69, 9.17) is 4.42 Å². The zero-order valence-corrected chi connectivity index (χ0v) is 26.3. The smallest absolute Gasteiger partial charge is 0.143 e. The quantitative estimate of drug-likeness (QED) is 0.185. The Kier molecular flexibility index (Phi) is 6.84. The predicted octanol–water partition coefficient (Wildman–Crippen LogP) is 13.2. The molecule has 0 aliphatic carbocycles. The molecule has 9 rings (SSSR count). The number of hydrogen-bond acceptors (Lipinski definition) is 2. The molecule has 0 atom stereocenters. The fourth-order valence-electron chi connectivity index (χ4n) is 6.91. The van der Waals surface area contributed by atoms with Crippen molar-refractivity contribution in [3.05, 3.63) is 188 Å². The zero-order valence-electron chi connectivity index (χ0n) is 26.3. The Morgan fingerprint density at radius 1 is 0.354 bits per heavy atom. The van der Waals surface area contributed by atoms with Crippen LogP contribution in [0.4, 0.5) is 17.1 Å². The largest absolute Gasteiger partial charge is 0.455 e. The van der Waals surface area contributed by atoms with E-state index < -0.39 is 0 Å². The van der Waals surface area contributed by atoms with E-state index in [0.29, 0.717) is 0 Å². The molecule has 0 spiro atoms. The highest BCUT2D eigenvalue weighted by Gasteiger charge is 2.18. The molecular formula is C46H31NO. The number of hydrogen-bond donors (Lipinski definition) is 0. The second kappa shape index (κ2) is 11.8. The van der Waals surface area contributed by atoms with Crippen molar-refractivity contribution in [2.75, 3.05) is 4.90 Å². The molecule has 2 heteroatoms. The summed E-state index contributed by atoms with van der Waals surface area (Å²) in [4.78, 5) is 2.32. The second-order valence-corrected chi connectivity index (χ2v) is 12.2. The van der Waals surface area contributed by atoms with Crippen LogP contribution in [0.5, 0.6) is 0 Å². The first-order valence-corrected chi connectivity index (χ1v) is 16.3. The van der Waals surface area contributed by atoms with E-state index in [9.17, 15) is 0 Å². The molecule has 0 N–H and O–H groups in total. The average Bonchev–Trinajstić information content (AvgIpc) is 3.56. The van der Waals surface area contributed by atoms with Crippen LogP contribution in [0.15, 0.2) is 192 Å².